The Morgan fingerprint density at radius 2 is 0.900 bits per heavy atom. The lowest BCUT2D eigenvalue weighted by Gasteiger charge is -2.10. The van der Waals surface area contributed by atoms with Crippen LogP contribution in [0.2, 0.25) is 0 Å². The van der Waals surface area contributed by atoms with E-state index in [0.29, 0.717) is 17.5 Å². The summed E-state index contributed by atoms with van der Waals surface area (Å²) in [7, 11) is 0. The first-order chi connectivity index (χ1) is 24.7. The van der Waals surface area contributed by atoms with Crippen LogP contribution in [0.15, 0.2) is 168 Å². The number of thiophene rings is 1. The summed E-state index contributed by atoms with van der Waals surface area (Å²) in [4.78, 5) is 15.1. The van der Waals surface area contributed by atoms with Gasteiger partial charge < -0.3 is 4.42 Å². The molecule has 3 aromatic heterocycles. The van der Waals surface area contributed by atoms with Crippen LogP contribution in [0.25, 0.3) is 98.5 Å². The van der Waals surface area contributed by atoms with Gasteiger partial charge in [0.15, 0.2) is 17.5 Å². The third-order valence-corrected chi connectivity index (χ3v) is 10.6. The van der Waals surface area contributed by atoms with E-state index in [-0.39, 0.29) is 0 Å². The molecule has 4 nitrogen and oxygen atoms in total. The van der Waals surface area contributed by atoms with Crippen LogP contribution in [-0.2, 0) is 0 Å². The molecule has 0 aliphatic carbocycles. The topological polar surface area (TPSA) is 51.8 Å². The second kappa shape index (κ2) is 11.6. The number of para-hydroxylation sites is 1. The average Bonchev–Trinajstić information content (AvgIpc) is 3.76. The fraction of sp³-hybridized carbons (Fsp3) is 0. The molecule has 3 heterocycles. The molecule has 7 aromatic carbocycles. The van der Waals surface area contributed by atoms with E-state index in [9.17, 15) is 0 Å². The molecule has 10 aromatic rings. The van der Waals surface area contributed by atoms with Crippen molar-refractivity contribution in [3.63, 3.8) is 0 Å². The normalized spacial score (nSPS) is 11.6. The van der Waals surface area contributed by atoms with Crippen molar-refractivity contribution in [1.29, 1.82) is 0 Å². The molecule has 0 amide bonds. The van der Waals surface area contributed by atoms with Crippen LogP contribution in [0.4, 0.5) is 0 Å². The summed E-state index contributed by atoms with van der Waals surface area (Å²) in [6.07, 6.45) is 0. The monoisotopic (exact) mass is 657 g/mol. The number of nitrogens with zero attached hydrogens (tertiary/aromatic N) is 3. The molecular formula is C45H27N3OS. The molecule has 50 heavy (non-hydrogen) atoms. The van der Waals surface area contributed by atoms with E-state index in [0.717, 1.165) is 49.8 Å². The number of rotatable bonds is 5. The first-order valence-corrected chi connectivity index (χ1v) is 17.4. The smallest absolute Gasteiger partial charge is 0.164 e. The minimum atomic E-state index is 0.596. The molecule has 0 aliphatic rings. The van der Waals surface area contributed by atoms with Crippen molar-refractivity contribution < 1.29 is 4.42 Å². The van der Waals surface area contributed by atoms with Gasteiger partial charge in [-0.3, -0.25) is 0 Å². The summed E-state index contributed by atoms with van der Waals surface area (Å²) < 4.78 is 8.83. The SMILES string of the molecule is c1ccc(-c2ccc(-c3nc(-c4ccc(-c5cccc6c5sc5ccccc56)cc4)nc(-c4ccc5c(c4)oc4ccccc45)n3)cc2)cc1. The highest BCUT2D eigenvalue weighted by atomic mass is 32.1. The summed E-state index contributed by atoms with van der Waals surface area (Å²) in [6.45, 7) is 0. The van der Waals surface area contributed by atoms with Gasteiger partial charge in [0.2, 0.25) is 0 Å². The van der Waals surface area contributed by atoms with Gasteiger partial charge in [-0.2, -0.15) is 0 Å². The maximum Gasteiger partial charge on any atom is 0.164 e. The summed E-state index contributed by atoms with van der Waals surface area (Å²) in [5.74, 6) is 1.83. The number of fused-ring (bicyclic) bond motifs is 6. The highest BCUT2D eigenvalue weighted by Crippen LogP contribution is 2.40. The van der Waals surface area contributed by atoms with E-state index in [1.807, 2.05) is 41.7 Å². The predicted octanol–water partition coefficient (Wildman–Crippen LogP) is 12.5. The van der Waals surface area contributed by atoms with E-state index in [1.165, 1.54) is 31.3 Å². The molecule has 0 spiro atoms. The number of hydrogen-bond acceptors (Lipinski definition) is 5. The maximum absolute atomic E-state index is 6.23. The number of hydrogen-bond donors (Lipinski definition) is 0. The zero-order valence-electron chi connectivity index (χ0n) is 26.7. The Bertz CT molecular complexity index is 2850. The van der Waals surface area contributed by atoms with Crippen LogP contribution in [0.3, 0.4) is 0 Å². The lowest BCUT2D eigenvalue weighted by molar-refractivity contribution is 0.669. The van der Waals surface area contributed by atoms with Gasteiger partial charge in [0.25, 0.3) is 0 Å². The number of furan rings is 1. The summed E-state index contributed by atoms with van der Waals surface area (Å²) >= 11 is 1.84. The van der Waals surface area contributed by atoms with Crippen molar-refractivity contribution in [1.82, 2.24) is 15.0 Å². The molecule has 5 heteroatoms. The van der Waals surface area contributed by atoms with E-state index in [1.54, 1.807) is 0 Å². The minimum absolute atomic E-state index is 0.596. The Balaban J connectivity index is 1.08. The zero-order valence-corrected chi connectivity index (χ0v) is 27.6. The molecule has 0 bridgehead atoms. The molecule has 0 atom stereocenters. The molecule has 0 fully saturated rings. The third-order valence-electron chi connectivity index (χ3n) is 9.38. The lowest BCUT2D eigenvalue weighted by atomic mass is 10.0. The molecule has 0 N–H and O–H groups in total. The fourth-order valence-corrected chi connectivity index (χ4v) is 8.08. The van der Waals surface area contributed by atoms with Gasteiger partial charge in [-0.1, -0.05) is 140 Å². The average molecular weight is 658 g/mol. The van der Waals surface area contributed by atoms with Gasteiger partial charge in [-0.15, -0.1) is 11.3 Å². The second-order valence-corrected chi connectivity index (χ2v) is 13.5. The molecule has 234 valence electrons. The van der Waals surface area contributed by atoms with Crippen LogP contribution in [0.1, 0.15) is 0 Å². The Kier molecular flexibility index (Phi) is 6.64. The van der Waals surface area contributed by atoms with Crippen LogP contribution < -0.4 is 0 Å². The molecule has 10 rings (SSSR count). The fourth-order valence-electron chi connectivity index (χ4n) is 6.84. The quantitative estimate of drug-likeness (QED) is 0.185. The molecule has 0 saturated heterocycles. The van der Waals surface area contributed by atoms with Crippen molar-refractivity contribution in [2.45, 2.75) is 0 Å². The predicted molar refractivity (Wildman–Crippen MR) is 207 cm³/mol. The minimum Gasteiger partial charge on any atom is -0.456 e. The highest BCUT2D eigenvalue weighted by molar-refractivity contribution is 7.26. The van der Waals surface area contributed by atoms with Crippen molar-refractivity contribution in [3.05, 3.63) is 164 Å². The summed E-state index contributed by atoms with van der Waals surface area (Å²) in [5.41, 5.74) is 9.08. The summed E-state index contributed by atoms with van der Waals surface area (Å²) in [6, 6.07) is 56.9. The van der Waals surface area contributed by atoms with Crippen molar-refractivity contribution in [2.75, 3.05) is 0 Å². The highest BCUT2D eigenvalue weighted by Gasteiger charge is 2.16. The zero-order chi connectivity index (χ0) is 33.0. The van der Waals surface area contributed by atoms with Crippen molar-refractivity contribution >= 4 is 53.4 Å². The first-order valence-electron chi connectivity index (χ1n) is 16.6. The maximum atomic E-state index is 6.23. The Morgan fingerprint density at radius 1 is 0.360 bits per heavy atom. The van der Waals surface area contributed by atoms with Crippen LogP contribution in [0.5, 0.6) is 0 Å². The lowest BCUT2D eigenvalue weighted by Crippen LogP contribution is -2.00. The molecule has 0 aliphatic heterocycles. The summed E-state index contributed by atoms with van der Waals surface area (Å²) in [5, 5.41) is 4.75. The van der Waals surface area contributed by atoms with E-state index >= 15 is 0 Å². The number of benzene rings is 7. The Hall–Kier alpha value is -6.43. The number of aromatic nitrogens is 3. The first kappa shape index (κ1) is 28.6. The van der Waals surface area contributed by atoms with Gasteiger partial charge in [-0.05, 0) is 46.5 Å². The van der Waals surface area contributed by atoms with E-state index in [2.05, 4.69) is 133 Å². The van der Waals surface area contributed by atoms with E-state index < -0.39 is 0 Å². The third kappa shape index (κ3) is 4.87. The largest absolute Gasteiger partial charge is 0.456 e. The van der Waals surface area contributed by atoms with Crippen LogP contribution >= 0.6 is 11.3 Å². The van der Waals surface area contributed by atoms with Gasteiger partial charge in [0.05, 0.1) is 0 Å². The van der Waals surface area contributed by atoms with Crippen LogP contribution in [0, 0.1) is 0 Å². The van der Waals surface area contributed by atoms with Gasteiger partial charge >= 0.3 is 0 Å². The standard InChI is InChI=1S/C45H27N3OS/c1-2-9-28(10-3-1)29-17-21-31(22-18-29)43-46-44(48-45(47-43)33-25-26-36-35-11-4-6-15-39(35)49-40(36)27-33)32-23-19-30(20-24-32)34-13-8-14-38-37-12-5-7-16-41(37)50-42(34)38/h1-27H. The van der Waals surface area contributed by atoms with E-state index in [4.69, 9.17) is 19.4 Å². The van der Waals surface area contributed by atoms with Crippen molar-refractivity contribution in [2.24, 2.45) is 0 Å². The molecule has 0 unspecified atom stereocenters. The van der Waals surface area contributed by atoms with Gasteiger partial charge in [0, 0.05) is 47.6 Å². The molecular weight excluding hydrogens is 631 g/mol. The Morgan fingerprint density at radius 3 is 1.66 bits per heavy atom. The van der Waals surface area contributed by atoms with Crippen molar-refractivity contribution in [3.8, 4) is 56.4 Å². The van der Waals surface area contributed by atoms with Crippen LogP contribution in [-0.4, -0.2) is 15.0 Å². The second-order valence-electron chi connectivity index (χ2n) is 12.4. The Labute approximate surface area is 292 Å². The molecule has 0 radical (unpaired) electrons. The molecule has 0 saturated carbocycles. The van der Waals surface area contributed by atoms with Gasteiger partial charge in [-0.25, -0.2) is 15.0 Å². The van der Waals surface area contributed by atoms with Gasteiger partial charge in [0.1, 0.15) is 11.2 Å².